The van der Waals surface area contributed by atoms with E-state index in [1.54, 1.807) is 23.7 Å². The summed E-state index contributed by atoms with van der Waals surface area (Å²) in [7, 11) is 0. The molecule has 1 fully saturated rings. The fraction of sp³-hybridized carbons (Fsp3) is 0.207. The number of carbonyl (C=O) groups excluding carboxylic acids is 1. The van der Waals surface area contributed by atoms with Gasteiger partial charge in [0.25, 0.3) is 0 Å². The number of hydrogen-bond donors (Lipinski definition) is 3. The van der Waals surface area contributed by atoms with Crippen LogP contribution in [0.2, 0.25) is 0 Å². The molecule has 1 saturated carbocycles. The summed E-state index contributed by atoms with van der Waals surface area (Å²) < 4.78 is 0. The van der Waals surface area contributed by atoms with Gasteiger partial charge in [0.2, 0.25) is 5.91 Å². The first-order chi connectivity index (χ1) is 18.7. The molecule has 1 aliphatic carbocycles. The third-order valence-electron chi connectivity index (χ3n) is 7.26. The largest absolute Gasteiger partial charge is 0.336 e. The lowest BCUT2D eigenvalue weighted by Crippen LogP contribution is -2.24. The van der Waals surface area contributed by atoms with Crippen LogP contribution in [0.1, 0.15) is 32.1 Å². The molecule has 8 nitrogen and oxygen atoms in total. The summed E-state index contributed by atoms with van der Waals surface area (Å²) >= 11 is 1.64. The topological polar surface area (TPSA) is 112 Å². The summed E-state index contributed by atoms with van der Waals surface area (Å²) in [4.78, 5) is 31.2. The fourth-order valence-electron chi connectivity index (χ4n) is 5.29. The van der Waals surface area contributed by atoms with E-state index in [2.05, 4.69) is 42.6 Å². The molecule has 5 heterocycles. The van der Waals surface area contributed by atoms with Crippen molar-refractivity contribution in [1.29, 1.82) is 0 Å². The molecular weight excluding hydrogens is 494 g/mol. The van der Waals surface area contributed by atoms with Crippen molar-refractivity contribution in [3.05, 3.63) is 66.4 Å². The van der Waals surface area contributed by atoms with E-state index in [1.165, 1.54) is 6.42 Å². The van der Waals surface area contributed by atoms with Crippen molar-refractivity contribution in [1.82, 2.24) is 30.1 Å². The van der Waals surface area contributed by atoms with Crippen LogP contribution in [0.3, 0.4) is 0 Å². The predicted octanol–water partition coefficient (Wildman–Crippen LogP) is 6.81. The number of benzene rings is 1. The average Bonchev–Trinajstić information content (AvgIpc) is 3.73. The number of aromatic nitrogens is 6. The van der Waals surface area contributed by atoms with Crippen molar-refractivity contribution in [2.75, 3.05) is 5.32 Å². The number of anilines is 1. The number of nitrogens with one attached hydrogen (secondary N) is 3. The van der Waals surface area contributed by atoms with Crippen LogP contribution in [0.4, 0.5) is 5.69 Å². The monoisotopic (exact) mass is 519 g/mol. The Bertz CT molecular complexity index is 1760. The molecule has 0 unspecified atom stereocenters. The zero-order valence-corrected chi connectivity index (χ0v) is 21.4. The van der Waals surface area contributed by atoms with E-state index >= 15 is 0 Å². The molecule has 7 rings (SSSR count). The maximum Gasteiger partial charge on any atom is 0.227 e. The second kappa shape index (κ2) is 9.50. The van der Waals surface area contributed by atoms with Crippen LogP contribution in [0, 0.1) is 5.92 Å². The Labute approximate surface area is 222 Å². The number of pyridine rings is 2. The minimum Gasteiger partial charge on any atom is -0.336 e. The lowest BCUT2D eigenvalue weighted by Gasteiger charge is -2.20. The number of aromatic amines is 2. The molecule has 1 aliphatic rings. The minimum atomic E-state index is 0.0941. The van der Waals surface area contributed by atoms with Gasteiger partial charge in [-0.3, -0.25) is 19.9 Å². The highest BCUT2D eigenvalue weighted by Crippen LogP contribution is 2.34. The van der Waals surface area contributed by atoms with E-state index < -0.39 is 0 Å². The molecule has 0 spiro atoms. The molecule has 0 atom stereocenters. The number of imidazole rings is 1. The van der Waals surface area contributed by atoms with Crippen LogP contribution in [0.25, 0.3) is 55.2 Å². The van der Waals surface area contributed by atoms with Gasteiger partial charge in [0.1, 0.15) is 16.9 Å². The summed E-state index contributed by atoms with van der Waals surface area (Å²) in [5.41, 5.74) is 6.88. The number of thiophene rings is 1. The molecule has 6 aromatic rings. The second-order valence-electron chi connectivity index (χ2n) is 9.74. The van der Waals surface area contributed by atoms with Crippen LogP contribution in [-0.4, -0.2) is 36.0 Å². The number of H-pyrrole nitrogens is 2. The SMILES string of the molecule is O=C(Nc1cncc(-c2ccc3[nH]nc(-c4nc5c(-c6cccs6)nccc5[nH]4)c3c2)c1)C1CCCCC1. The molecular formula is C29H25N7OS. The highest BCUT2D eigenvalue weighted by atomic mass is 32.1. The molecule has 38 heavy (non-hydrogen) atoms. The van der Waals surface area contributed by atoms with Crippen LogP contribution in [0.15, 0.2) is 66.4 Å². The van der Waals surface area contributed by atoms with E-state index in [0.29, 0.717) is 5.82 Å². The van der Waals surface area contributed by atoms with Gasteiger partial charge in [-0.05, 0) is 54.1 Å². The Hall–Kier alpha value is -4.37. The van der Waals surface area contributed by atoms with Crippen LogP contribution >= 0.6 is 11.3 Å². The third-order valence-corrected chi connectivity index (χ3v) is 8.13. The van der Waals surface area contributed by atoms with Gasteiger partial charge in [-0.25, -0.2) is 4.98 Å². The second-order valence-corrected chi connectivity index (χ2v) is 10.7. The van der Waals surface area contributed by atoms with Gasteiger partial charge in [0, 0.05) is 29.3 Å². The van der Waals surface area contributed by atoms with E-state index in [9.17, 15) is 4.79 Å². The molecule has 188 valence electrons. The highest BCUT2D eigenvalue weighted by Gasteiger charge is 2.21. The summed E-state index contributed by atoms with van der Waals surface area (Å²) in [5, 5.41) is 13.8. The highest BCUT2D eigenvalue weighted by molar-refractivity contribution is 7.13. The number of hydrogen-bond acceptors (Lipinski definition) is 6. The average molecular weight is 520 g/mol. The van der Waals surface area contributed by atoms with Crippen molar-refractivity contribution in [2.24, 2.45) is 5.92 Å². The Morgan fingerprint density at radius 2 is 1.89 bits per heavy atom. The van der Waals surface area contributed by atoms with Gasteiger partial charge in [-0.2, -0.15) is 5.10 Å². The zero-order chi connectivity index (χ0) is 25.5. The summed E-state index contributed by atoms with van der Waals surface area (Å²) in [6.45, 7) is 0. The molecule has 3 N–H and O–H groups in total. The number of carbonyl (C=O) groups is 1. The van der Waals surface area contributed by atoms with E-state index in [1.807, 2.05) is 41.9 Å². The molecule has 5 aromatic heterocycles. The van der Waals surface area contributed by atoms with E-state index in [-0.39, 0.29) is 11.8 Å². The Kier molecular flexibility index (Phi) is 5.70. The molecule has 1 aromatic carbocycles. The Balaban J connectivity index is 1.23. The molecule has 9 heteroatoms. The first kappa shape index (κ1) is 22.8. The number of fused-ring (bicyclic) bond motifs is 2. The molecule has 0 saturated heterocycles. The van der Waals surface area contributed by atoms with Crippen molar-refractivity contribution in [3.63, 3.8) is 0 Å². The summed E-state index contributed by atoms with van der Waals surface area (Å²) in [6.07, 6.45) is 10.7. The molecule has 0 bridgehead atoms. The van der Waals surface area contributed by atoms with Gasteiger partial charge in [-0.15, -0.1) is 11.3 Å². The lowest BCUT2D eigenvalue weighted by molar-refractivity contribution is -0.120. The normalized spacial score (nSPS) is 14.3. The number of rotatable bonds is 5. The molecule has 0 radical (unpaired) electrons. The molecule has 1 amide bonds. The zero-order valence-electron chi connectivity index (χ0n) is 20.6. The fourth-order valence-corrected chi connectivity index (χ4v) is 6.01. The maximum atomic E-state index is 12.8. The minimum absolute atomic E-state index is 0.0941. The Morgan fingerprint density at radius 1 is 0.974 bits per heavy atom. The molecule has 0 aliphatic heterocycles. The van der Waals surface area contributed by atoms with Gasteiger partial charge >= 0.3 is 0 Å². The van der Waals surface area contributed by atoms with Crippen LogP contribution < -0.4 is 5.32 Å². The smallest absolute Gasteiger partial charge is 0.227 e. The lowest BCUT2D eigenvalue weighted by atomic mass is 9.88. The van der Waals surface area contributed by atoms with E-state index in [4.69, 9.17) is 4.98 Å². The quantitative estimate of drug-likeness (QED) is 0.232. The first-order valence-corrected chi connectivity index (χ1v) is 13.7. The van der Waals surface area contributed by atoms with Crippen molar-refractivity contribution < 1.29 is 4.79 Å². The standard InChI is InChI=1S/C29H25N7OS/c37-29(17-5-2-1-3-6-17)32-20-13-19(15-30-16-20)18-8-9-22-21(14-18)25(36-35-22)28-33-23-10-11-31-27(26(23)34-28)24-7-4-12-38-24/h4,7-17H,1-3,5-6H2,(H,32,37)(H,33,34)(H,35,36). The number of nitrogens with zero attached hydrogens (tertiary/aromatic N) is 4. The summed E-state index contributed by atoms with van der Waals surface area (Å²) in [5.74, 6) is 0.870. The maximum absolute atomic E-state index is 12.8. The van der Waals surface area contributed by atoms with Crippen LogP contribution in [-0.2, 0) is 4.79 Å². The summed E-state index contributed by atoms with van der Waals surface area (Å²) in [6, 6.07) is 14.1. The third kappa shape index (κ3) is 4.14. The van der Waals surface area contributed by atoms with Crippen molar-refractivity contribution in [3.8, 4) is 33.2 Å². The predicted molar refractivity (Wildman–Crippen MR) is 151 cm³/mol. The van der Waals surface area contributed by atoms with E-state index in [0.717, 1.165) is 80.7 Å². The Morgan fingerprint density at radius 3 is 2.76 bits per heavy atom. The van der Waals surface area contributed by atoms with Gasteiger partial charge in [0.05, 0.1) is 27.8 Å². The van der Waals surface area contributed by atoms with Crippen LogP contribution in [0.5, 0.6) is 0 Å². The van der Waals surface area contributed by atoms with Gasteiger partial charge < -0.3 is 10.3 Å². The van der Waals surface area contributed by atoms with Gasteiger partial charge in [0.15, 0.2) is 5.82 Å². The first-order valence-electron chi connectivity index (χ1n) is 12.9. The number of amides is 1. The van der Waals surface area contributed by atoms with Gasteiger partial charge in [-0.1, -0.05) is 31.4 Å². The van der Waals surface area contributed by atoms with Crippen molar-refractivity contribution in [2.45, 2.75) is 32.1 Å². The van der Waals surface area contributed by atoms with Crippen molar-refractivity contribution >= 4 is 44.9 Å².